The first-order valence-corrected chi connectivity index (χ1v) is 5.49. The molecule has 0 radical (unpaired) electrons. The summed E-state index contributed by atoms with van der Waals surface area (Å²) in [6.45, 7) is 3.04. The van der Waals surface area contributed by atoms with Crippen molar-refractivity contribution >= 4 is 0 Å². The molecule has 2 atom stereocenters. The first kappa shape index (κ1) is 13.1. The van der Waals surface area contributed by atoms with Crippen LogP contribution in [-0.2, 0) is 4.74 Å². The molecule has 1 saturated heterocycles. The second-order valence-corrected chi connectivity index (χ2v) is 4.12. The molecule has 2 rings (SSSR count). The van der Waals surface area contributed by atoms with Gasteiger partial charge in [-0.3, -0.25) is 4.98 Å². The number of hydrogen-bond donors (Lipinski definition) is 1. The smallest absolute Gasteiger partial charge is 0.404 e. The molecule has 0 bridgehead atoms. The number of ether oxygens (including phenoxy) is 2. The van der Waals surface area contributed by atoms with E-state index in [0.717, 1.165) is 6.20 Å². The average molecular weight is 262 g/mol. The number of rotatable bonds is 2. The van der Waals surface area contributed by atoms with E-state index in [-0.39, 0.29) is 17.8 Å². The summed E-state index contributed by atoms with van der Waals surface area (Å²) in [6.07, 6.45) is -3.63. The Morgan fingerprint density at radius 1 is 1.39 bits per heavy atom. The molecule has 1 aliphatic rings. The van der Waals surface area contributed by atoms with Crippen molar-refractivity contribution in [2.45, 2.75) is 25.4 Å². The molecule has 1 N–H and O–H groups in total. The van der Waals surface area contributed by atoms with Crippen LogP contribution in [0.5, 0.6) is 5.75 Å². The number of nitrogens with one attached hydrogen (secondary N) is 1. The summed E-state index contributed by atoms with van der Waals surface area (Å²) in [4.78, 5) is 3.95. The van der Waals surface area contributed by atoms with Gasteiger partial charge in [-0.1, -0.05) is 0 Å². The summed E-state index contributed by atoms with van der Waals surface area (Å²) in [5.41, 5.74) is 0.635. The first-order chi connectivity index (χ1) is 8.44. The van der Waals surface area contributed by atoms with Crippen LogP contribution >= 0.6 is 0 Å². The summed E-state index contributed by atoms with van der Waals surface area (Å²) in [5.74, 6) is -0.323. The van der Waals surface area contributed by atoms with Crippen LogP contribution in [-0.4, -0.2) is 30.6 Å². The largest absolute Gasteiger partial charge is 0.573 e. The van der Waals surface area contributed by atoms with E-state index in [2.05, 4.69) is 15.0 Å². The quantitative estimate of drug-likeness (QED) is 0.885. The zero-order valence-electron chi connectivity index (χ0n) is 9.70. The van der Waals surface area contributed by atoms with Crippen LogP contribution in [0.2, 0.25) is 0 Å². The van der Waals surface area contributed by atoms with Crippen LogP contribution in [0, 0.1) is 0 Å². The molecule has 7 heteroatoms. The molecular weight excluding hydrogens is 249 g/mol. The number of aromatic nitrogens is 1. The molecule has 1 aromatic rings. The molecule has 2 heterocycles. The van der Waals surface area contributed by atoms with E-state index in [0.29, 0.717) is 18.9 Å². The van der Waals surface area contributed by atoms with Crippen LogP contribution in [0.3, 0.4) is 0 Å². The van der Waals surface area contributed by atoms with Crippen molar-refractivity contribution in [2.24, 2.45) is 0 Å². The second-order valence-electron chi connectivity index (χ2n) is 4.12. The van der Waals surface area contributed by atoms with Gasteiger partial charge in [0.2, 0.25) is 0 Å². The maximum absolute atomic E-state index is 12.0. The van der Waals surface area contributed by atoms with Gasteiger partial charge in [0.25, 0.3) is 0 Å². The summed E-state index contributed by atoms with van der Waals surface area (Å²) in [5, 5.41) is 3.25. The first-order valence-electron chi connectivity index (χ1n) is 5.49. The zero-order chi connectivity index (χ0) is 13.2. The molecular formula is C11H13F3N2O2. The van der Waals surface area contributed by atoms with Gasteiger partial charge in [0.05, 0.1) is 31.1 Å². The molecule has 0 aliphatic carbocycles. The van der Waals surface area contributed by atoms with Crippen molar-refractivity contribution < 1.29 is 22.6 Å². The Balaban J connectivity index is 2.03. The number of halogens is 3. The monoisotopic (exact) mass is 262 g/mol. The van der Waals surface area contributed by atoms with E-state index in [1.807, 2.05) is 6.92 Å². The minimum atomic E-state index is -4.69. The molecule has 1 aromatic heterocycles. The van der Waals surface area contributed by atoms with E-state index in [1.165, 1.54) is 12.1 Å². The second kappa shape index (κ2) is 5.11. The Morgan fingerprint density at radius 2 is 2.17 bits per heavy atom. The fourth-order valence-corrected chi connectivity index (χ4v) is 1.76. The molecule has 2 unspecified atom stereocenters. The third kappa shape index (κ3) is 3.58. The van der Waals surface area contributed by atoms with E-state index in [4.69, 9.17) is 4.74 Å². The molecule has 1 fully saturated rings. The Labute approximate surface area is 102 Å². The van der Waals surface area contributed by atoms with Gasteiger partial charge in [-0.25, -0.2) is 0 Å². The minimum absolute atomic E-state index is 0.103. The lowest BCUT2D eigenvalue weighted by Crippen LogP contribution is -2.42. The topological polar surface area (TPSA) is 43.4 Å². The van der Waals surface area contributed by atoms with Crippen molar-refractivity contribution in [1.82, 2.24) is 10.3 Å². The van der Waals surface area contributed by atoms with Crippen LogP contribution in [0.1, 0.15) is 18.7 Å². The van der Waals surface area contributed by atoms with Crippen LogP contribution in [0.4, 0.5) is 13.2 Å². The molecule has 0 aromatic carbocycles. The third-order valence-corrected chi connectivity index (χ3v) is 2.49. The molecule has 0 saturated carbocycles. The van der Waals surface area contributed by atoms with Crippen molar-refractivity contribution in [3.8, 4) is 5.75 Å². The maximum atomic E-state index is 12.0. The molecule has 100 valence electrons. The lowest BCUT2D eigenvalue weighted by molar-refractivity contribution is -0.274. The predicted octanol–water partition coefficient (Wildman–Crippen LogP) is 2.03. The van der Waals surface area contributed by atoms with Crippen molar-refractivity contribution in [3.63, 3.8) is 0 Å². The highest BCUT2D eigenvalue weighted by Gasteiger charge is 2.31. The van der Waals surface area contributed by atoms with Crippen LogP contribution in [0.25, 0.3) is 0 Å². The lowest BCUT2D eigenvalue weighted by atomic mass is 10.1. The summed E-state index contributed by atoms with van der Waals surface area (Å²) >= 11 is 0. The van der Waals surface area contributed by atoms with E-state index < -0.39 is 6.36 Å². The Bertz CT molecular complexity index is 394. The highest BCUT2D eigenvalue weighted by molar-refractivity contribution is 5.22. The Hall–Kier alpha value is -1.34. The lowest BCUT2D eigenvalue weighted by Gasteiger charge is -2.28. The SMILES string of the molecule is CC1COCC(c2ccc(OC(F)(F)F)cn2)N1. The highest BCUT2D eigenvalue weighted by Crippen LogP contribution is 2.23. The minimum Gasteiger partial charge on any atom is -0.404 e. The van der Waals surface area contributed by atoms with Gasteiger partial charge in [-0.15, -0.1) is 13.2 Å². The standard InChI is InChI=1S/C11H13F3N2O2/c1-7-5-17-6-10(16-7)9-3-2-8(4-15-9)18-11(12,13)14/h2-4,7,10,16H,5-6H2,1H3. The van der Waals surface area contributed by atoms with E-state index in [9.17, 15) is 13.2 Å². The van der Waals surface area contributed by atoms with Crippen molar-refractivity contribution in [2.75, 3.05) is 13.2 Å². The Morgan fingerprint density at radius 3 is 2.72 bits per heavy atom. The molecule has 18 heavy (non-hydrogen) atoms. The van der Waals surface area contributed by atoms with Crippen LogP contribution < -0.4 is 10.1 Å². The van der Waals surface area contributed by atoms with Crippen molar-refractivity contribution in [1.29, 1.82) is 0 Å². The maximum Gasteiger partial charge on any atom is 0.573 e. The van der Waals surface area contributed by atoms with Crippen molar-refractivity contribution in [3.05, 3.63) is 24.0 Å². The van der Waals surface area contributed by atoms with Gasteiger partial charge >= 0.3 is 6.36 Å². The van der Waals surface area contributed by atoms with Gasteiger partial charge in [-0.05, 0) is 19.1 Å². The molecule has 0 spiro atoms. The van der Waals surface area contributed by atoms with E-state index in [1.54, 1.807) is 0 Å². The van der Waals surface area contributed by atoms with Gasteiger partial charge in [-0.2, -0.15) is 0 Å². The number of alkyl halides is 3. The van der Waals surface area contributed by atoms with Gasteiger partial charge in [0.1, 0.15) is 5.75 Å². The van der Waals surface area contributed by atoms with Crippen LogP contribution in [0.15, 0.2) is 18.3 Å². The molecule has 1 aliphatic heterocycles. The molecule has 0 amide bonds. The number of pyridine rings is 1. The van der Waals surface area contributed by atoms with Gasteiger partial charge < -0.3 is 14.8 Å². The zero-order valence-corrected chi connectivity index (χ0v) is 9.70. The summed E-state index contributed by atoms with van der Waals surface area (Å²) in [6, 6.07) is 2.84. The number of morpholine rings is 1. The summed E-state index contributed by atoms with van der Waals surface area (Å²) in [7, 11) is 0. The van der Waals surface area contributed by atoms with E-state index >= 15 is 0 Å². The van der Waals surface area contributed by atoms with Gasteiger partial charge in [0.15, 0.2) is 0 Å². The fourth-order valence-electron chi connectivity index (χ4n) is 1.76. The third-order valence-electron chi connectivity index (χ3n) is 2.49. The normalized spacial score (nSPS) is 24.9. The average Bonchev–Trinajstić information content (AvgIpc) is 2.28. The molecule has 4 nitrogen and oxygen atoms in total. The summed E-state index contributed by atoms with van der Waals surface area (Å²) < 4.78 is 45.0. The number of hydrogen-bond acceptors (Lipinski definition) is 4. The predicted molar refractivity (Wildman–Crippen MR) is 57.1 cm³/mol. The Kier molecular flexibility index (Phi) is 3.72. The number of nitrogens with zero attached hydrogens (tertiary/aromatic N) is 1. The fraction of sp³-hybridized carbons (Fsp3) is 0.545. The van der Waals surface area contributed by atoms with Gasteiger partial charge in [0, 0.05) is 6.04 Å². The highest BCUT2D eigenvalue weighted by atomic mass is 19.4.